The molecule has 38 heavy (non-hydrogen) atoms. The lowest BCUT2D eigenvalue weighted by atomic mass is 9.96. The fraction of sp³-hybridized carbons (Fsp3) is 0.452. The molecule has 0 unspecified atom stereocenters. The Labute approximate surface area is 224 Å². The first-order valence-corrected chi connectivity index (χ1v) is 13.8. The zero-order valence-corrected chi connectivity index (χ0v) is 22.6. The van der Waals surface area contributed by atoms with E-state index in [2.05, 4.69) is 12.2 Å². The van der Waals surface area contributed by atoms with Crippen molar-refractivity contribution in [1.82, 2.24) is 15.1 Å². The van der Waals surface area contributed by atoms with Crippen LogP contribution in [0.3, 0.4) is 0 Å². The van der Waals surface area contributed by atoms with Gasteiger partial charge in [0.05, 0.1) is 23.8 Å². The van der Waals surface area contributed by atoms with Crippen molar-refractivity contribution < 1.29 is 14.0 Å². The van der Waals surface area contributed by atoms with E-state index in [1.54, 1.807) is 15.9 Å². The molecule has 0 atom stereocenters. The molecule has 1 aliphatic carbocycles. The average Bonchev–Trinajstić information content (AvgIpc) is 2.93. The Balaban J connectivity index is 1.56. The molecule has 1 fully saturated rings. The van der Waals surface area contributed by atoms with Gasteiger partial charge >= 0.3 is 6.03 Å². The highest BCUT2D eigenvalue weighted by molar-refractivity contribution is 5.84. The van der Waals surface area contributed by atoms with Crippen molar-refractivity contribution in [1.29, 1.82) is 0 Å². The molecule has 0 bridgehead atoms. The van der Waals surface area contributed by atoms with Crippen molar-refractivity contribution in [2.24, 2.45) is 0 Å². The maximum absolute atomic E-state index is 13.7. The summed E-state index contributed by atoms with van der Waals surface area (Å²) in [5, 5.41) is 3.66. The second kappa shape index (κ2) is 13.3. The minimum atomic E-state index is -0.201. The molecule has 3 aromatic rings. The molecule has 2 aromatic carbocycles. The number of aryl methyl sites for hydroxylation is 1. The number of urea groups is 1. The first-order valence-electron chi connectivity index (χ1n) is 13.8. The van der Waals surface area contributed by atoms with E-state index < -0.39 is 0 Å². The smallest absolute Gasteiger partial charge is 0.318 e. The second-order valence-electron chi connectivity index (χ2n) is 10.4. The van der Waals surface area contributed by atoms with Gasteiger partial charge in [-0.15, -0.1) is 0 Å². The van der Waals surface area contributed by atoms with Crippen molar-refractivity contribution in [2.75, 3.05) is 13.1 Å². The van der Waals surface area contributed by atoms with E-state index in [-0.39, 0.29) is 36.5 Å². The van der Waals surface area contributed by atoms with Crippen LogP contribution in [0.4, 0.5) is 4.79 Å². The van der Waals surface area contributed by atoms with Gasteiger partial charge in [-0.25, -0.2) is 4.79 Å². The minimum absolute atomic E-state index is 0.0383. The van der Waals surface area contributed by atoms with Gasteiger partial charge in [0.1, 0.15) is 12.1 Å². The minimum Gasteiger partial charge on any atom is -0.464 e. The van der Waals surface area contributed by atoms with Gasteiger partial charge in [0.2, 0.25) is 5.91 Å². The highest BCUT2D eigenvalue weighted by Gasteiger charge is 2.25. The third-order valence-corrected chi connectivity index (χ3v) is 7.26. The van der Waals surface area contributed by atoms with Crippen LogP contribution in [-0.4, -0.2) is 40.9 Å². The molecule has 1 aromatic heterocycles. The summed E-state index contributed by atoms with van der Waals surface area (Å²) in [6.07, 6.45) is 8.62. The van der Waals surface area contributed by atoms with Crippen molar-refractivity contribution in [3.05, 3.63) is 81.7 Å². The van der Waals surface area contributed by atoms with E-state index in [9.17, 15) is 14.4 Å². The number of hydrogen-bond acceptors (Lipinski definition) is 4. The Morgan fingerprint density at radius 2 is 1.76 bits per heavy atom. The fourth-order valence-electron chi connectivity index (χ4n) is 5.01. The Morgan fingerprint density at radius 3 is 2.50 bits per heavy atom. The molecule has 3 amide bonds. The SMILES string of the molecule is CCCCN(CC(=O)N(Cc1ccccc1)Cc1coc2ccc(C)cc2c1=O)C(=O)NC1CCCCC1. The first kappa shape index (κ1) is 27.4. The largest absolute Gasteiger partial charge is 0.464 e. The van der Waals surface area contributed by atoms with Crippen LogP contribution in [0.25, 0.3) is 11.0 Å². The van der Waals surface area contributed by atoms with Crippen molar-refractivity contribution in [2.45, 2.75) is 77.9 Å². The van der Waals surface area contributed by atoms with Gasteiger partial charge < -0.3 is 19.5 Å². The summed E-state index contributed by atoms with van der Waals surface area (Å²) >= 11 is 0. The fourth-order valence-corrected chi connectivity index (χ4v) is 5.01. The number of unbranched alkanes of at least 4 members (excludes halogenated alkanes) is 1. The molecule has 202 valence electrons. The molecule has 1 saturated carbocycles. The molecule has 7 nitrogen and oxygen atoms in total. The van der Waals surface area contributed by atoms with E-state index in [1.165, 1.54) is 12.7 Å². The van der Waals surface area contributed by atoms with Crippen LogP contribution in [0, 0.1) is 6.92 Å². The number of amides is 3. The van der Waals surface area contributed by atoms with Gasteiger partial charge in [-0.2, -0.15) is 0 Å². The zero-order valence-electron chi connectivity index (χ0n) is 22.6. The van der Waals surface area contributed by atoms with Crippen molar-refractivity contribution >= 4 is 22.9 Å². The quantitative estimate of drug-likeness (QED) is 0.370. The lowest BCUT2D eigenvalue weighted by Crippen LogP contribution is -2.49. The molecule has 0 radical (unpaired) electrons. The molecule has 1 aliphatic rings. The number of carbonyl (C=O) groups is 2. The Bertz CT molecular complexity index is 1280. The third kappa shape index (κ3) is 7.24. The molecule has 0 saturated heterocycles. The molecule has 7 heteroatoms. The van der Waals surface area contributed by atoms with E-state index in [1.807, 2.05) is 49.4 Å². The van der Waals surface area contributed by atoms with Crippen LogP contribution in [0.15, 0.2) is 64.0 Å². The molecule has 1 N–H and O–H groups in total. The number of rotatable bonds is 10. The Morgan fingerprint density at radius 1 is 1.00 bits per heavy atom. The average molecular weight is 518 g/mol. The van der Waals surface area contributed by atoms with E-state index in [0.29, 0.717) is 29.6 Å². The number of nitrogens with one attached hydrogen (secondary N) is 1. The van der Waals surface area contributed by atoms with Crippen molar-refractivity contribution in [3.8, 4) is 0 Å². The molecule has 1 heterocycles. The van der Waals surface area contributed by atoms with Gasteiger partial charge in [-0.05, 0) is 43.9 Å². The maximum Gasteiger partial charge on any atom is 0.318 e. The highest BCUT2D eigenvalue weighted by atomic mass is 16.3. The summed E-state index contributed by atoms with van der Waals surface area (Å²) in [7, 11) is 0. The van der Waals surface area contributed by atoms with Gasteiger partial charge in [-0.1, -0.05) is 74.6 Å². The van der Waals surface area contributed by atoms with Gasteiger partial charge in [0, 0.05) is 19.1 Å². The summed E-state index contributed by atoms with van der Waals surface area (Å²) in [4.78, 5) is 43.5. The normalized spacial score (nSPS) is 13.8. The first-order chi connectivity index (χ1) is 18.4. The van der Waals surface area contributed by atoms with Gasteiger partial charge in [-0.3, -0.25) is 9.59 Å². The standard InChI is InChI=1S/C31H39N3O4/c1-3-4-17-33(31(37)32-26-13-9-6-10-14-26)21-29(35)34(19-24-11-7-5-8-12-24)20-25-22-38-28-16-15-23(2)18-27(28)30(25)36/h5,7-8,11-12,15-16,18,22,26H,3-4,6,9-10,13-14,17,19-21H2,1-2H3,(H,32,37). The number of hydrogen-bond donors (Lipinski definition) is 1. The van der Waals surface area contributed by atoms with Crippen LogP contribution in [0.2, 0.25) is 0 Å². The predicted molar refractivity (Wildman–Crippen MR) is 150 cm³/mol. The molecule has 0 spiro atoms. The van der Waals surface area contributed by atoms with E-state index in [4.69, 9.17) is 4.42 Å². The molecule has 0 aliphatic heterocycles. The Hall–Kier alpha value is -3.61. The number of nitrogens with zero attached hydrogens (tertiary/aromatic N) is 2. The summed E-state index contributed by atoms with van der Waals surface area (Å²) in [5.74, 6) is -0.201. The number of benzene rings is 2. The van der Waals surface area contributed by atoms with Crippen LogP contribution < -0.4 is 10.7 Å². The highest BCUT2D eigenvalue weighted by Crippen LogP contribution is 2.18. The van der Waals surface area contributed by atoms with Crippen molar-refractivity contribution in [3.63, 3.8) is 0 Å². The summed E-state index contributed by atoms with van der Waals surface area (Å²) in [6.45, 7) is 4.91. The van der Waals surface area contributed by atoms with Crippen LogP contribution >= 0.6 is 0 Å². The summed E-state index contributed by atoms with van der Waals surface area (Å²) < 4.78 is 5.75. The third-order valence-electron chi connectivity index (χ3n) is 7.26. The van der Waals surface area contributed by atoms with E-state index in [0.717, 1.165) is 49.7 Å². The number of fused-ring (bicyclic) bond motifs is 1. The van der Waals surface area contributed by atoms with Crippen LogP contribution in [-0.2, 0) is 17.9 Å². The van der Waals surface area contributed by atoms with Gasteiger partial charge in [0.25, 0.3) is 0 Å². The molecular formula is C31H39N3O4. The predicted octanol–water partition coefficient (Wildman–Crippen LogP) is 5.77. The Kier molecular flexibility index (Phi) is 9.57. The monoisotopic (exact) mass is 517 g/mol. The molecule has 4 rings (SSSR count). The topological polar surface area (TPSA) is 82.9 Å². The van der Waals surface area contributed by atoms with Crippen LogP contribution in [0.5, 0.6) is 0 Å². The maximum atomic E-state index is 13.7. The lowest BCUT2D eigenvalue weighted by molar-refractivity contribution is -0.133. The number of carbonyl (C=O) groups excluding carboxylic acids is 2. The summed E-state index contributed by atoms with van der Waals surface area (Å²) in [6, 6.07) is 15.2. The van der Waals surface area contributed by atoms with Gasteiger partial charge in [0.15, 0.2) is 5.43 Å². The molecular weight excluding hydrogens is 478 g/mol. The second-order valence-corrected chi connectivity index (χ2v) is 10.4. The van der Waals surface area contributed by atoms with E-state index >= 15 is 0 Å². The summed E-state index contributed by atoms with van der Waals surface area (Å²) in [5.41, 5.74) is 2.72. The van der Waals surface area contributed by atoms with Crippen LogP contribution in [0.1, 0.15) is 68.6 Å². The zero-order chi connectivity index (χ0) is 26.9. The lowest BCUT2D eigenvalue weighted by Gasteiger charge is -2.30.